The predicted molar refractivity (Wildman–Crippen MR) is 111 cm³/mol. The summed E-state index contributed by atoms with van der Waals surface area (Å²) in [7, 11) is 0. The Morgan fingerprint density at radius 3 is 2.81 bits per heavy atom. The van der Waals surface area contributed by atoms with Gasteiger partial charge in [0.05, 0.1) is 17.9 Å². The molecule has 0 fully saturated rings. The summed E-state index contributed by atoms with van der Waals surface area (Å²) in [6, 6.07) is 5.43. The molecule has 0 bridgehead atoms. The van der Waals surface area contributed by atoms with E-state index in [2.05, 4.69) is 17.2 Å². The number of thioether (sulfide) groups is 1. The number of amides is 1. The standard InChI is InChI=1S/C18H20Cl2N2O3S2/c1-2-3-11(14-5-4-12(19)6-15(14)20)8-21-16(23)10-27-18-22-13(9-26-18)7-17(24)25/h4-6,9,11H,2-3,7-8,10H2,1H3,(H,21,23)(H,24,25). The van der Waals surface area contributed by atoms with Gasteiger partial charge in [-0.05, 0) is 24.1 Å². The number of aliphatic carboxylic acids is 1. The van der Waals surface area contributed by atoms with Gasteiger partial charge >= 0.3 is 5.97 Å². The summed E-state index contributed by atoms with van der Waals surface area (Å²) >= 11 is 14.9. The summed E-state index contributed by atoms with van der Waals surface area (Å²) in [6.45, 7) is 2.59. The van der Waals surface area contributed by atoms with Gasteiger partial charge in [-0.15, -0.1) is 11.3 Å². The molecular weight excluding hydrogens is 427 g/mol. The maximum absolute atomic E-state index is 12.2. The van der Waals surface area contributed by atoms with Gasteiger partial charge < -0.3 is 10.4 Å². The van der Waals surface area contributed by atoms with Crippen LogP contribution in [0.4, 0.5) is 0 Å². The van der Waals surface area contributed by atoms with Crippen molar-refractivity contribution in [2.24, 2.45) is 0 Å². The molecule has 2 rings (SSSR count). The van der Waals surface area contributed by atoms with E-state index in [1.807, 2.05) is 6.07 Å². The molecule has 0 saturated heterocycles. The molecule has 5 nitrogen and oxygen atoms in total. The Morgan fingerprint density at radius 2 is 2.15 bits per heavy atom. The Labute approximate surface area is 176 Å². The lowest BCUT2D eigenvalue weighted by Crippen LogP contribution is -2.30. The second-order valence-corrected chi connectivity index (χ2v) is 8.84. The maximum atomic E-state index is 12.2. The minimum Gasteiger partial charge on any atom is -0.481 e. The monoisotopic (exact) mass is 446 g/mol. The van der Waals surface area contributed by atoms with E-state index in [1.165, 1.54) is 23.1 Å². The molecule has 1 amide bonds. The van der Waals surface area contributed by atoms with Crippen LogP contribution in [0.1, 0.15) is 36.9 Å². The van der Waals surface area contributed by atoms with E-state index in [-0.39, 0.29) is 24.0 Å². The van der Waals surface area contributed by atoms with E-state index in [9.17, 15) is 9.59 Å². The molecule has 1 unspecified atom stereocenters. The lowest BCUT2D eigenvalue weighted by atomic mass is 9.94. The van der Waals surface area contributed by atoms with Crippen molar-refractivity contribution < 1.29 is 14.7 Å². The highest BCUT2D eigenvalue weighted by Gasteiger charge is 2.16. The van der Waals surface area contributed by atoms with Crippen molar-refractivity contribution in [1.82, 2.24) is 10.3 Å². The fourth-order valence-corrected chi connectivity index (χ4v) is 4.79. The van der Waals surface area contributed by atoms with Crippen LogP contribution in [0.15, 0.2) is 27.9 Å². The third kappa shape index (κ3) is 7.33. The number of aromatic nitrogens is 1. The highest BCUT2D eigenvalue weighted by Crippen LogP contribution is 2.30. The number of carbonyl (C=O) groups is 2. The van der Waals surface area contributed by atoms with Crippen molar-refractivity contribution in [3.63, 3.8) is 0 Å². The van der Waals surface area contributed by atoms with Crippen LogP contribution in [0.5, 0.6) is 0 Å². The second-order valence-electron chi connectivity index (χ2n) is 5.92. The van der Waals surface area contributed by atoms with Gasteiger partial charge in [0.2, 0.25) is 5.91 Å². The van der Waals surface area contributed by atoms with Gasteiger partial charge in [-0.25, -0.2) is 4.98 Å². The molecule has 1 aromatic carbocycles. The van der Waals surface area contributed by atoms with Crippen LogP contribution < -0.4 is 5.32 Å². The fraction of sp³-hybridized carbons (Fsp3) is 0.389. The molecule has 0 aliphatic rings. The summed E-state index contributed by atoms with van der Waals surface area (Å²) in [5, 5.41) is 14.6. The quantitative estimate of drug-likeness (QED) is 0.508. The largest absolute Gasteiger partial charge is 0.481 e. The number of carboxylic acids is 1. The first-order valence-corrected chi connectivity index (χ1v) is 11.0. The Balaban J connectivity index is 1.86. The Bertz CT molecular complexity index is 799. The smallest absolute Gasteiger partial charge is 0.309 e. The summed E-state index contributed by atoms with van der Waals surface area (Å²) < 4.78 is 0.687. The third-order valence-electron chi connectivity index (χ3n) is 3.77. The van der Waals surface area contributed by atoms with Crippen LogP contribution in [-0.2, 0) is 16.0 Å². The van der Waals surface area contributed by atoms with Gasteiger partial charge in [-0.1, -0.05) is 54.4 Å². The molecule has 0 aliphatic carbocycles. The first kappa shape index (κ1) is 22.0. The third-order valence-corrected chi connectivity index (χ3v) is 6.41. The van der Waals surface area contributed by atoms with E-state index in [0.717, 1.165) is 18.4 Å². The minimum atomic E-state index is -0.919. The van der Waals surface area contributed by atoms with Crippen LogP contribution >= 0.6 is 46.3 Å². The summed E-state index contributed by atoms with van der Waals surface area (Å²) in [4.78, 5) is 27.1. The second kappa shape index (κ2) is 10.9. The van der Waals surface area contributed by atoms with Crippen LogP contribution in [-0.4, -0.2) is 34.3 Å². The van der Waals surface area contributed by atoms with Crippen molar-refractivity contribution in [3.8, 4) is 0 Å². The van der Waals surface area contributed by atoms with Crippen LogP contribution in [0.2, 0.25) is 10.0 Å². The molecule has 27 heavy (non-hydrogen) atoms. The lowest BCUT2D eigenvalue weighted by Gasteiger charge is -2.19. The van der Waals surface area contributed by atoms with E-state index in [4.69, 9.17) is 28.3 Å². The van der Waals surface area contributed by atoms with Gasteiger partial charge in [0.1, 0.15) is 0 Å². The predicted octanol–water partition coefficient (Wildman–Crippen LogP) is 4.87. The number of thiazole rings is 1. The van der Waals surface area contributed by atoms with Gasteiger partial charge in [0.15, 0.2) is 4.34 Å². The van der Waals surface area contributed by atoms with Crippen LogP contribution in [0.3, 0.4) is 0 Å². The number of hydrogen-bond acceptors (Lipinski definition) is 5. The average molecular weight is 447 g/mol. The number of carboxylic acid groups (broad SMARTS) is 1. The van der Waals surface area contributed by atoms with Crippen molar-refractivity contribution in [1.29, 1.82) is 0 Å². The van der Waals surface area contributed by atoms with Crippen molar-refractivity contribution >= 4 is 58.2 Å². The van der Waals surface area contributed by atoms with E-state index in [0.29, 0.717) is 26.6 Å². The SMILES string of the molecule is CCCC(CNC(=O)CSc1nc(CC(=O)O)cs1)c1ccc(Cl)cc1Cl. The first-order valence-electron chi connectivity index (χ1n) is 8.39. The number of carbonyl (C=O) groups excluding carboxylic acids is 1. The molecule has 146 valence electrons. The molecule has 0 spiro atoms. The highest BCUT2D eigenvalue weighted by atomic mass is 35.5. The zero-order valence-electron chi connectivity index (χ0n) is 14.7. The highest BCUT2D eigenvalue weighted by molar-refractivity contribution is 8.01. The zero-order chi connectivity index (χ0) is 19.8. The first-order chi connectivity index (χ1) is 12.9. The molecule has 2 N–H and O–H groups in total. The molecule has 0 radical (unpaired) electrons. The Hall–Kier alpha value is -1.28. The summed E-state index contributed by atoms with van der Waals surface area (Å²) in [5.74, 6) is -0.665. The van der Waals surface area contributed by atoms with Crippen LogP contribution in [0, 0.1) is 0 Å². The summed E-state index contributed by atoms with van der Waals surface area (Å²) in [5.41, 5.74) is 1.49. The topological polar surface area (TPSA) is 79.3 Å². The molecule has 9 heteroatoms. The molecule has 1 heterocycles. The molecule has 2 aromatic rings. The zero-order valence-corrected chi connectivity index (χ0v) is 17.9. The Kier molecular flexibility index (Phi) is 8.89. The van der Waals surface area contributed by atoms with E-state index < -0.39 is 5.97 Å². The molecule has 0 saturated carbocycles. The van der Waals surface area contributed by atoms with Crippen LogP contribution in [0.25, 0.3) is 0 Å². The van der Waals surface area contributed by atoms with Gasteiger partial charge in [-0.2, -0.15) is 0 Å². The lowest BCUT2D eigenvalue weighted by molar-refractivity contribution is -0.136. The molecule has 1 atom stereocenters. The van der Waals surface area contributed by atoms with E-state index in [1.54, 1.807) is 17.5 Å². The number of halogens is 2. The summed E-state index contributed by atoms with van der Waals surface area (Å²) in [6.07, 6.45) is 1.77. The van der Waals surface area contributed by atoms with Gasteiger partial charge in [0, 0.05) is 27.9 Å². The maximum Gasteiger partial charge on any atom is 0.309 e. The number of benzene rings is 1. The fourth-order valence-electron chi connectivity index (χ4n) is 2.55. The molecule has 1 aromatic heterocycles. The molecule has 0 aliphatic heterocycles. The number of rotatable bonds is 10. The van der Waals surface area contributed by atoms with Crippen molar-refractivity contribution in [2.75, 3.05) is 12.3 Å². The van der Waals surface area contributed by atoms with Gasteiger partial charge in [0.25, 0.3) is 0 Å². The van der Waals surface area contributed by atoms with Gasteiger partial charge in [-0.3, -0.25) is 9.59 Å². The molecular formula is C18H20Cl2N2O3S2. The normalized spacial score (nSPS) is 12.0. The Morgan fingerprint density at radius 1 is 1.37 bits per heavy atom. The number of nitrogens with zero attached hydrogens (tertiary/aromatic N) is 1. The number of hydrogen-bond donors (Lipinski definition) is 2. The van der Waals surface area contributed by atoms with E-state index >= 15 is 0 Å². The van der Waals surface area contributed by atoms with Crippen molar-refractivity contribution in [2.45, 2.75) is 36.4 Å². The average Bonchev–Trinajstić information content (AvgIpc) is 3.04. The minimum absolute atomic E-state index is 0.0961. The van der Waals surface area contributed by atoms with Crippen molar-refractivity contribution in [3.05, 3.63) is 44.9 Å². The number of nitrogens with one attached hydrogen (secondary N) is 1.